The SMILES string of the molecule is C=CCn1c(=O)c2cnc(Nc3ccc4c(cnn4C)c3)nc2n1-c1cccc(O[C@H]2CCN(C)C2)n1. The molecule has 1 aliphatic rings. The van der Waals surface area contributed by atoms with Gasteiger partial charge in [-0.1, -0.05) is 12.1 Å². The van der Waals surface area contributed by atoms with Crippen LogP contribution in [0.5, 0.6) is 5.88 Å². The molecule has 4 aromatic heterocycles. The number of rotatable bonds is 7. The fraction of sp³-hybridized carbons (Fsp3) is 0.269. The van der Waals surface area contributed by atoms with Crippen LogP contribution in [-0.4, -0.2) is 65.2 Å². The lowest BCUT2D eigenvalue weighted by atomic mass is 10.2. The Labute approximate surface area is 212 Å². The van der Waals surface area contributed by atoms with Crippen LogP contribution >= 0.6 is 0 Å². The monoisotopic (exact) mass is 497 g/mol. The van der Waals surface area contributed by atoms with Crippen LogP contribution in [0.1, 0.15) is 6.42 Å². The van der Waals surface area contributed by atoms with E-state index in [-0.39, 0.29) is 18.2 Å². The fourth-order valence-electron chi connectivity index (χ4n) is 4.73. The molecule has 5 heterocycles. The summed E-state index contributed by atoms with van der Waals surface area (Å²) in [7, 11) is 3.98. The summed E-state index contributed by atoms with van der Waals surface area (Å²) in [5.41, 5.74) is 2.06. The maximum absolute atomic E-state index is 13.3. The van der Waals surface area contributed by atoms with Gasteiger partial charge in [0.25, 0.3) is 5.56 Å². The Morgan fingerprint density at radius 1 is 1.19 bits per heavy atom. The molecule has 1 atom stereocenters. The van der Waals surface area contributed by atoms with Crippen LogP contribution in [0.2, 0.25) is 0 Å². The number of anilines is 2. The highest BCUT2D eigenvalue weighted by Crippen LogP contribution is 2.23. The number of aromatic nitrogens is 7. The first-order valence-electron chi connectivity index (χ1n) is 12.1. The average molecular weight is 498 g/mol. The maximum Gasteiger partial charge on any atom is 0.278 e. The third kappa shape index (κ3) is 4.23. The van der Waals surface area contributed by atoms with Gasteiger partial charge in [0.1, 0.15) is 11.5 Å². The number of likely N-dealkylation sites (tertiary alicyclic amines) is 1. The first-order chi connectivity index (χ1) is 18.0. The summed E-state index contributed by atoms with van der Waals surface area (Å²) in [5.74, 6) is 1.40. The number of likely N-dealkylation sites (N-methyl/N-ethyl adjacent to an activating group) is 1. The van der Waals surface area contributed by atoms with Gasteiger partial charge in [0, 0.05) is 43.5 Å². The normalized spacial score (nSPS) is 16.0. The van der Waals surface area contributed by atoms with Gasteiger partial charge in [0.2, 0.25) is 11.8 Å². The zero-order valence-corrected chi connectivity index (χ0v) is 20.7. The van der Waals surface area contributed by atoms with E-state index in [0.29, 0.717) is 28.7 Å². The molecule has 1 fully saturated rings. The molecule has 6 rings (SSSR count). The van der Waals surface area contributed by atoms with Crippen molar-refractivity contribution >= 4 is 33.6 Å². The molecule has 0 bridgehead atoms. The summed E-state index contributed by atoms with van der Waals surface area (Å²) in [5, 5.41) is 8.93. The molecule has 188 valence electrons. The van der Waals surface area contributed by atoms with Crippen LogP contribution in [0.15, 0.2) is 66.2 Å². The molecule has 1 saturated heterocycles. The molecule has 0 spiro atoms. The number of hydrogen-bond acceptors (Lipinski definition) is 8. The van der Waals surface area contributed by atoms with Gasteiger partial charge in [-0.25, -0.2) is 14.3 Å². The molecule has 0 radical (unpaired) electrons. The molecular formula is C26H27N9O2. The second kappa shape index (κ2) is 9.17. The first kappa shape index (κ1) is 22.9. The lowest BCUT2D eigenvalue weighted by molar-refractivity contribution is 0.200. The molecule has 0 aliphatic carbocycles. The summed E-state index contributed by atoms with van der Waals surface area (Å²) in [6, 6.07) is 11.4. The number of nitrogens with zero attached hydrogens (tertiary/aromatic N) is 8. The highest BCUT2D eigenvalue weighted by molar-refractivity contribution is 5.83. The standard InChI is InChI=1S/C26H27N9O2/c1-4-11-34-25(36)20-15-27-26(29-18-8-9-21-17(13-18)14-28-33(21)3)31-24(20)35(34)22-6-5-7-23(30-22)37-19-10-12-32(2)16-19/h4-9,13-15,19H,1,10-12,16H2,2-3H3,(H,27,29,31)/t19-/m0/s1. The third-order valence-corrected chi connectivity index (χ3v) is 6.54. The van der Waals surface area contributed by atoms with Crippen LogP contribution in [0.3, 0.4) is 0 Å². The summed E-state index contributed by atoms with van der Waals surface area (Å²) in [6.45, 7) is 5.95. The Hall–Kier alpha value is -4.51. The molecule has 1 aliphatic heterocycles. The molecule has 0 amide bonds. The molecule has 5 aromatic rings. The highest BCUT2D eigenvalue weighted by Gasteiger charge is 2.22. The minimum absolute atomic E-state index is 0.0832. The highest BCUT2D eigenvalue weighted by atomic mass is 16.5. The molecule has 37 heavy (non-hydrogen) atoms. The van der Waals surface area contributed by atoms with E-state index in [1.807, 2.05) is 54.3 Å². The van der Waals surface area contributed by atoms with E-state index in [1.165, 1.54) is 0 Å². The number of nitrogens with one attached hydrogen (secondary N) is 1. The third-order valence-electron chi connectivity index (χ3n) is 6.54. The van der Waals surface area contributed by atoms with Crippen molar-refractivity contribution in [3.05, 3.63) is 71.8 Å². The fourth-order valence-corrected chi connectivity index (χ4v) is 4.73. The zero-order valence-electron chi connectivity index (χ0n) is 20.7. The van der Waals surface area contributed by atoms with Gasteiger partial charge in [0.05, 0.1) is 18.3 Å². The number of hydrogen-bond donors (Lipinski definition) is 1. The molecule has 0 saturated carbocycles. The van der Waals surface area contributed by atoms with Gasteiger partial charge in [-0.2, -0.15) is 15.1 Å². The smallest absolute Gasteiger partial charge is 0.278 e. The molecule has 11 heteroatoms. The maximum atomic E-state index is 13.3. The van der Waals surface area contributed by atoms with Crippen molar-refractivity contribution in [2.24, 2.45) is 7.05 Å². The lowest BCUT2D eigenvalue weighted by Gasteiger charge is -2.15. The molecule has 0 unspecified atom stereocenters. The average Bonchev–Trinajstić information content (AvgIpc) is 3.55. The van der Waals surface area contributed by atoms with Gasteiger partial charge >= 0.3 is 0 Å². The van der Waals surface area contributed by atoms with E-state index in [2.05, 4.69) is 33.9 Å². The van der Waals surface area contributed by atoms with Gasteiger partial charge in [-0.05, 0) is 37.7 Å². The van der Waals surface area contributed by atoms with Gasteiger partial charge < -0.3 is 15.0 Å². The first-order valence-corrected chi connectivity index (χ1v) is 12.1. The minimum Gasteiger partial charge on any atom is -0.473 e. The number of ether oxygens (including phenoxy) is 1. The van der Waals surface area contributed by atoms with Crippen LogP contribution in [0, 0.1) is 0 Å². The van der Waals surface area contributed by atoms with Crippen molar-refractivity contribution in [2.75, 3.05) is 25.5 Å². The van der Waals surface area contributed by atoms with Crippen molar-refractivity contribution in [3.63, 3.8) is 0 Å². The minimum atomic E-state index is -0.219. The van der Waals surface area contributed by atoms with Crippen molar-refractivity contribution in [1.29, 1.82) is 0 Å². The van der Waals surface area contributed by atoms with E-state index >= 15 is 0 Å². The number of fused-ring (bicyclic) bond motifs is 2. The number of aryl methyl sites for hydroxylation is 1. The van der Waals surface area contributed by atoms with Crippen molar-refractivity contribution < 1.29 is 4.74 Å². The Bertz CT molecular complexity index is 1680. The van der Waals surface area contributed by atoms with E-state index in [9.17, 15) is 4.79 Å². The van der Waals surface area contributed by atoms with Gasteiger partial charge in [-0.3, -0.25) is 9.48 Å². The molecule has 11 nitrogen and oxygen atoms in total. The summed E-state index contributed by atoms with van der Waals surface area (Å²) >= 11 is 0. The van der Waals surface area contributed by atoms with Crippen molar-refractivity contribution in [1.82, 2.24) is 39.0 Å². The Balaban J connectivity index is 1.40. The van der Waals surface area contributed by atoms with Gasteiger partial charge in [-0.15, -0.1) is 6.58 Å². The predicted molar refractivity (Wildman–Crippen MR) is 142 cm³/mol. The largest absolute Gasteiger partial charge is 0.473 e. The van der Waals surface area contributed by atoms with Gasteiger partial charge in [0.15, 0.2) is 11.5 Å². The molecule has 1 N–H and O–H groups in total. The molecular weight excluding hydrogens is 470 g/mol. The van der Waals surface area contributed by atoms with Crippen LogP contribution < -0.4 is 15.6 Å². The summed E-state index contributed by atoms with van der Waals surface area (Å²) in [4.78, 5) is 29.3. The van der Waals surface area contributed by atoms with Crippen LogP contribution in [-0.2, 0) is 13.6 Å². The Kier molecular flexibility index (Phi) is 5.68. The lowest BCUT2D eigenvalue weighted by Crippen LogP contribution is -2.23. The number of pyridine rings is 1. The summed E-state index contributed by atoms with van der Waals surface area (Å²) in [6.07, 6.45) is 6.05. The van der Waals surface area contributed by atoms with E-state index < -0.39 is 0 Å². The second-order valence-corrected chi connectivity index (χ2v) is 9.21. The van der Waals surface area contributed by atoms with E-state index in [0.717, 1.165) is 36.1 Å². The zero-order chi connectivity index (χ0) is 25.5. The Morgan fingerprint density at radius 3 is 2.89 bits per heavy atom. The Morgan fingerprint density at radius 2 is 2.08 bits per heavy atom. The van der Waals surface area contributed by atoms with E-state index in [4.69, 9.17) is 14.7 Å². The van der Waals surface area contributed by atoms with Crippen molar-refractivity contribution in [2.45, 2.75) is 19.1 Å². The topological polar surface area (TPSA) is 108 Å². The summed E-state index contributed by atoms with van der Waals surface area (Å²) < 4.78 is 11.2. The number of allylic oxidation sites excluding steroid dienone is 1. The second-order valence-electron chi connectivity index (χ2n) is 9.21. The quantitative estimate of drug-likeness (QED) is 0.342. The van der Waals surface area contributed by atoms with Crippen LogP contribution in [0.4, 0.5) is 11.6 Å². The predicted octanol–water partition coefficient (Wildman–Crippen LogP) is 2.88. The number of benzene rings is 1. The van der Waals surface area contributed by atoms with E-state index in [1.54, 1.807) is 21.6 Å². The van der Waals surface area contributed by atoms with Crippen molar-refractivity contribution in [3.8, 4) is 11.7 Å². The molecule has 1 aromatic carbocycles. The van der Waals surface area contributed by atoms with Crippen LogP contribution in [0.25, 0.3) is 27.8 Å².